The molecule has 0 aliphatic carbocycles. The number of pyridine rings is 1. The molecule has 0 saturated carbocycles. The molecule has 2 N–H and O–H groups in total. The van der Waals surface area contributed by atoms with Crippen LogP contribution in [0.4, 0.5) is 10.2 Å². The lowest BCUT2D eigenvalue weighted by Crippen LogP contribution is -2.48. The fourth-order valence-corrected chi connectivity index (χ4v) is 4.79. The number of ether oxygens (including phenoxy) is 2. The van der Waals surface area contributed by atoms with Crippen LogP contribution in [0, 0.1) is 17.1 Å². The second-order valence-electron chi connectivity index (χ2n) is 8.78. The molecular weight excluding hydrogens is 455 g/mol. The van der Waals surface area contributed by atoms with Crippen molar-refractivity contribution in [2.75, 3.05) is 31.2 Å². The van der Waals surface area contributed by atoms with Crippen molar-refractivity contribution in [1.29, 1.82) is 5.26 Å². The second-order valence-corrected chi connectivity index (χ2v) is 8.78. The number of benzene rings is 1. The number of nitrogens with one attached hydrogen (secondary N) is 1. The number of hydrogen-bond acceptors (Lipinski definition) is 8. The fraction of sp³-hybridized carbons (Fsp3) is 0.333. The van der Waals surface area contributed by atoms with Crippen LogP contribution in [0.2, 0.25) is 0 Å². The first-order chi connectivity index (χ1) is 17.0. The predicted molar refractivity (Wildman–Crippen MR) is 120 cm³/mol. The summed E-state index contributed by atoms with van der Waals surface area (Å²) in [7, 11) is 0. The highest BCUT2D eigenvalue weighted by Gasteiger charge is 2.44. The SMILES string of the molecule is N#Cc1cccc(F)c1-c1cc(-n2ccc(N3CCC4(C3)OCC(O)CO4)n2)c2c(n1)CNC2=O. The molecule has 6 rings (SSSR count). The molecule has 0 bridgehead atoms. The van der Waals surface area contributed by atoms with E-state index in [9.17, 15) is 19.6 Å². The minimum atomic E-state index is -0.771. The van der Waals surface area contributed by atoms with E-state index in [1.54, 1.807) is 16.9 Å². The van der Waals surface area contributed by atoms with Crippen LogP contribution in [0.15, 0.2) is 36.5 Å². The molecule has 5 heterocycles. The molecule has 0 radical (unpaired) electrons. The Kier molecular flexibility index (Phi) is 5.03. The number of hydrogen-bond donors (Lipinski definition) is 2. The van der Waals surface area contributed by atoms with Gasteiger partial charge in [0.25, 0.3) is 5.91 Å². The number of carbonyl (C=O) groups excluding carboxylic acids is 1. The third kappa shape index (κ3) is 3.63. The number of aliphatic hydroxyl groups is 1. The molecule has 0 unspecified atom stereocenters. The van der Waals surface area contributed by atoms with Gasteiger partial charge in [0.05, 0.1) is 66.1 Å². The highest BCUT2D eigenvalue weighted by Crippen LogP contribution is 2.34. The predicted octanol–water partition coefficient (Wildman–Crippen LogP) is 1.50. The Morgan fingerprint density at radius 1 is 1.26 bits per heavy atom. The summed E-state index contributed by atoms with van der Waals surface area (Å²) in [6.45, 7) is 1.76. The molecule has 1 spiro atoms. The minimum Gasteiger partial charge on any atom is -0.388 e. The van der Waals surface area contributed by atoms with E-state index in [-0.39, 0.29) is 42.5 Å². The molecular formula is C24H21FN6O4. The molecule has 178 valence electrons. The van der Waals surface area contributed by atoms with Gasteiger partial charge in [0.15, 0.2) is 11.6 Å². The Morgan fingerprint density at radius 3 is 2.89 bits per heavy atom. The number of fused-ring (bicyclic) bond motifs is 1. The third-order valence-corrected chi connectivity index (χ3v) is 6.52. The maximum absolute atomic E-state index is 14.7. The lowest BCUT2D eigenvalue weighted by atomic mass is 10.0. The summed E-state index contributed by atoms with van der Waals surface area (Å²) < 4.78 is 27.9. The van der Waals surface area contributed by atoms with E-state index < -0.39 is 17.7 Å². The van der Waals surface area contributed by atoms with Crippen LogP contribution in [-0.2, 0) is 16.0 Å². The standard InChI is InChI=1S/C24H21FN6O4/c25-16-3-1-2-14(9-26)21(16)17-8-19(22-18(28-17)10-27-23(22)33)31-6-4-20(29-31)30-7-5-24(13-30)34-11-15(32)12-35-24/h1-4,6,8,15,32H,5,7,10-13H2,(H,27,33). The van der Waals surface area contributed by atoms with E-state index in [0.717, 1.165) is 0 Å². The number of anilines is 1. The third-order valence-electron chi connectivity index (χ3n) is 6.52. The Bertz CT molecular complexity index is 1370. The molecule has 1 aromatic carbocycles. The first kappa shape index (κ1) is 21.7. The number of nitriles is 1. The fourth-order valence-electron chi connectivity index (χ4n) is 4.79. The van der Waals surface area contributed by atoms with Crippen molar-refractivity contribution in [3.8, 4) is 23.0 Å². The highest BCUT2D eigenvalue weighted by atomic mass is 19.1. The van der Waals surface area contributed by atoms with Crippen molar-refractivity contribution >= 4 is 11.7 Å². The first-order valence-corrected chi connectivity index (χ1v) is 11.2. The molecule has 0 atom stereocenters. The van der Waals surface area contributed by atoms with Crippen LogP contribution in [0.5, 0.6) is 0 Å². The van der Waals surface area contributed by atoms with Gasteiger partial charge in [-0.2, -0.15) is 10.4 Å². The van der Waals surface area contributed by atoms with Crippen LogP contribution >= 0.6 is 0 Å². The summed E-state index contributed by atoms with van der Waals surface area (Å²) in [6.07, 6.45) is 1.73. The Balaban J connectivity index is 1.37. The molecule has 3 aromatic rings. The van der Waals surface area contributed by atoms with Crippen molar-refractivity contribution in [1.82, 2.24) is 20.1 Å². The Morgan fingerprint density at radius 2 is 2.09 bits per heavy atom. The van der Waals surface area contributed by atoms with Crippen LogP contribution in [0.1, 0.15) is 28.0 Å². The molecule has 10 nitrogen and oxygen atoms in total. The Labute approximate surface area is 199 Å². The van der Waals surface area contributed by atoms with Gasteiger partial charge in [0.1, 0.15) is 11.9 Å². The molecule has 3 aliphatic rings. The van der Waals surface area contributed by atoms with E-state index in [4.69, 9.17) is 9.47 Å². The molecule has 11 heteroatoms. The van der Waals surface area contributed by atoms with E-state index >= 15 is 0 Å². The zero-order valence-corrected chi connectivity index (χ0v) is 18.6. The molecule has 1 amide bonds. The summed E-state index contributed by atoms with van der Waals surface area (Å²) in [4.78, 5) is 19.1. The largest absolute Gasteiger partial charge is 0.388 e. The van der Waals surface area contributed by atoms with E-state index in [0.29, 0.717) is 42.3 Å². The van der Waals surface area contributed by atoms with E-state index in [2.05, 4.69) is 15.4 Å². The van der Waals surface area contributed by atoms with Gasteiger partial charge in [0, 0.05) is 25.2 Å². The lowest BCUT2D eigenvalue weighted by Gasteiger charge is -2.35. The molecule has 35 heavy (non-hydrogen) atoms. The number of amides is 1. The normalized spacial score (nSPS) is 23.4. The van der Waals surface area contributed by atoms with Crippen molar-refractivity contribution in [3.63, 3.8) is 0 Å². The number of aliphatic hydroxyl groups excluding tert-OH is 1. The van der Waals surface area contributed by atoms with Crippen LogP contribution in [0.25, 0.3) is 16.9 Å². The topological polar surface area (TPSA) is 126 Å². The molecule has 2 aromatic heterocycles. The number of rotatable bonds is 3. The van der Waals surface area contributed by atoms with Gasteiger partial charge in [-0.3, -0.25) is 4.79 Å². The average Bonchev–Trinajstić information content (AvgIpc) is 3.60. The van der Waals surface area contributed by atoms with Crippen molar-refractivity contribution < 1.29 is 23.8 Å². The monoisotopic (exact) mass is 476 g/mol. The second kappa shape index (κ2) is 8.13. The summed E-state index contributed by atoms with van der Waals surface area (Å²) in [5, 5.41) is 26.6. The quantitative estimate of drug-likeness (QED) is 0.583. The van der Waals surface area contributed by atoms with Crippen molar-refractivity contribution in [3.05, 3.63) is 59.2 Å². The van der Waals surface area contributed by atoms with Gasteiger partial charge in [-0.25, -0.2) is 14.1 Å². The minimum absolute atomic E-state index is 0.0843. The summed E-state index contributed by atoms with van der Waals surface area (Å²) >= 11 is 0. The Hall–Kier alpha value is -3.85. The number of nitrogens with zero attached hydrogens (tertiary/aromatic N) is 5. The number of aromatic nitrogens is 3. The maximum atomic E-state index is 14.7. The van der Waals surface area contributed by atoms with Gasteiger partial charge in [0.2, 0.25) is 0 Å². The van der Waals surface area contributed by atoms with E-state index in [1.165, 1.54) is 18.2 Å². The van der Waals surface area contributed by atoms with Crippen molar-refractivity contribution in [2.45, 2.75) is 24.9 Å². The summed E-state index contributed by atoms with van der Waals surface area (Å²) in [5.41, 5.74) is 1.77. The van der Waals surface area contributed by atoms with Gasteiger partial charge < -0.3 is 24.8 Å². The van der Waals surface area contributed by atoms with Crippen LogP contribution < -0.4 is 10.2 Å². The van der Waals surface area contributed by atoms with Gasteiger partial charge in [-0.1, -0.05) is 6.07 Å². The van der Waals surface area contributed by atoms with Crippen LogP contribution in [-0.4, -0.2) is 64.0 Å². The van der Waals surface area contributed by atoms with Crippen molar-refractivity contribution in [2.24, 2.45) is 0 Å². The molecule has 3 aliphatic heterocycles. The first-order valence-electron chi connectivity index (χ1n) is 11.2. The molecule has 2 saturated heterocycles. The highest BCUT2D eigenvalue weighted by molar-refractivity contribution is 6.01. The number of halogens is 1. The summed E-state index contributed by atoms with van der Waals surface area (Å²) in [5.74, 6) is -0.968. The number of carbonyl (C=O) groups is 1. The lowest BCUT2D eigenvalue weighted by molar-refractivity contribution is -0.280. The zero-order chi connectivity index (χ0) is 24.2. The molecule has 2 fully saturated rings. The maximum Gasteiger partial charge on any atom is 0.255 e. The van der Waals surface area contributed by atoms with Crippen LogP contribution in [0.3, 0.4) is 0 Å². The average molecular weight is 476 g/mol. The summed E-state index contributed by atoms with van der Waals surface area (Å²) in [6, 6.07) is 9.69. The zero-order valence-electron chi connectivity index (χ0n) is 18.6. The van der Waals surface area contributed by atoms with Gasteiger partial charge in [-0.05, 0) is 18.2 Å². The van der Waals surface area contributed by atoms with Gasteiger partial charge >= 0.3 is 0 Å². The van der Waals surface area contributed by atoms with E-state index in [1.807, 2.05) is 17.0 Å². The van der Waals surface area contributed by atoms with Gasteiger partial charge in [-0.15, -0.1) is 0 Å². The smallest absolute Gasteiger partial charge is 0.255 e.